The van der Waals surface area contributed by atoms with Crippen LogP contribution in [0.4, 0.5) is 5.13 Å². The number of anilines is 1. The number of thiazole rings is 1. The van der Waals surface area contributed by atoms with Crippen LogP contribution in [0.1, 0.15) is 13.8 Å². The van der Waals surface area contributed by atoms with Crippen molar-refractivity contribution < 1.29 is 9.53 Å². The molecule has 1 unspecified atom stereocenters. The number of halogens is 1. The highest BCUT2D eigenvalue weighted by atomic mass is 79.9. The summed E-state index contributed by atoms with van der Waals surface area (Å²) in [4.78, 5) is 16.2. The Morgan fingerprint density at radius 2 is 2.21 bits per heavy atom. The zero-order valence-corrected chi connectivity index (χ0v) is 13.3. The van der Waals surface area contributed by atoms with Gasteiger partial charge in [0.05, 0.1) is 17.3 Å². The summed E-state index contributed by atoms with van der Waals surface area (Å²) in [6, 6.07) is 5.56. The molecule has 1 heterocycles. The summed E-state index contributed by atoms with van der Waals surface area (Å²) in [5.41, 5.74) is 0.911. The largest absolute Gasteiger partial charge is 0.467 e. The second-order valence-electron chi connectivity index (χ2n) is 4.52. The lowest BCUT2D eigenvalue weighted by Crippen LogP contribution is -2.35. The van der Waals surface area contributed by atoms with E-state index in [0.29, 0.717) is 0 Å². The number of methoxy groups -OCH3 is 1. The molecule has 0 saturated heterocycles. The molecule has 19 heavy (non-hydrogen) atoms. The number of nitrogens with zero attached hydrogens (tertiary/aromatic N) is 1. The molecule has 0 fully saturated rings. The highest BCUT2D eigenvalue weighted by molar-refractivity contribution is 9.10. The lowest BCUT2D eigenvalue weighted by Gasteiger charge is -2.18. The van der Waals surface area contributed by atoms with E-state index in [1.807, 2.05) is 32.0 Å². The first-order valence-corrected chi connectivity index (χ1v) is 7.52. The summed E-state index contributed by atoms with van der Waals surface area (Å²) in [5, 5.41) is 3.89. The highest BCUT2D eigenvalue weighted by Gasteiger charge is 2.23. The fourth-order valence-corrected chi connectivity index (χ4v) is 2.95. The van der Waals surface area contributed by atoms with Crippen LogP contribution in [0, 0.1) is 5.92 Å². The molecule has 4 nitrogen and oxygen atoms in total. The zero-order chi connectivity index (χ0) is 14.0. The van der Waals surface area contributed by atoms with Crippen molar-refractivity contribution in [1.82, 2.24) is 4.98 Å². The first-order chi connectivity index (χ1) is 9.01. The van der Waals surface area contributed by atoms with Crippen molar-refractivity contribution in [3.8, 4) is 0 Å². The van der Waals surface area contributed by atoms with Gasteiger partial charge >= 0.3 is 5.97 Å². The van der Waals surface area contributed by atoms with Gasteiger partial charge in [0.15, 0.2) is 5.13 Å². The quantitative estimate of drug-likeness (QED) is 0.861. The number of ether oxygens (including phenoxy) is 1. The van der Waals surface area contributed by atoms with Gasteiger partial charge in [-0.2, -0.15) is 0 Å². The maximum atomic E-state index is 11.7. The minimum atomic E-state index is -0.381. The number of carbonyl (C=O) groups excluding carboxylic acids is 1. The van der Waals surface area contributed by atoms with E-state index < -0.39 is 0 Å². The Labute approximate surface area is 124 Å². The number of esters is 1. The normalized spacial score (nSPS) is 12.7. The Bertz CT molecular complexity index is 597. The Morgan fingerprint density at radius 1 is 1.47 bits per heavy atom. The van der Waals surface area contributed by atoms with Gasteiger partial charge in [-0.05, 0) is 24.1 Å². The van der Waals surface area contributed by atoms with Crippen molar-refractivity contribution in [3.05, 3.63) is 22.7 Å². The standard InChI is InChI=1S/C13H15BrN2O2S/c1-7(2)11(12(17)18-3)16-13-15-9-6-8(14)4-5-10(9)19-13/h4-7,11H,1-3H3,(H,15,16). The van der Waals surface area contributed by atoms with Gasteiger partial charge in [0.1, 0.15) is 6.04 Å². The van der Waals surface area contributed by atoms with Crippen LogP contribution in [0.5, 0.6) is 0 Å². The number of benzene rings is 1. The summed E-state index contributed by atoms with van der Waals surface area (Å²) >= 11 is 4.95. The molecule has 1 aromatic carbocycles. The van der Waals surface area contributed by atoms with Crippen LogP contribution in [0.2, 0.25) is 0 Å². The summed E-state index contributed by atoms with van der Waals surface area (Å²) in [5.74, 6) is -0.137. The van der Waals surface area contributed by atoms with Crippen LogP contribution in [0.3, 0.4) is 0 Å². The van der Waals surface area contributed by atoms with Gasteiger partial charge in [0, 0.05) is 4.47 Å². The third-order valence-electron chi connectivity index (χ3n) is 2.75. The number of hydrogen-bond acceptors (Lipinski definition) is 5. The number of fused-ring (bicyclic) bond motifs is 1. The van der Waals surface area contributed by atoms with Crippen LogP contribution in [0.15, 0.2) is 22.7 Å². The van der Waals surface area contributed by atoms with Crippen molar-refractivity contribution in [2.45, 2.75) is 19.9 Å². The van der Waals surface area contributed by atoms with Crippen molar-refractivity contribution in [3.63, 3.8) is 0 Å². The Kier molecular flexibility index (Phi) is 4.42. The SMILES string of the molecule is COC(=O)C(Nc1nc2cc(Br)ccc2s1)C(C)C. The van der Waals surface area contributed by atoms with E-state index in [1.54, 1.807) is 0 Å². The number of rotatable bonds is 4. The lowest BCUT2D eigenvalue weighted by atomic mass is 10.1. The molecular formula is C13H15BrN2O2S. The number of hydrogen-bond donors (Lipinski definition) is 1. The van der Waals surface area contributed by atoms with Crippen LogP contribution in [-0.4, -0.2) is 24.1 Å². The average molecular weight is 343 g/mol. The minimum Gasteiger partial charge on any atom is -0.467 e. The predicted molar refractivity (Wildman–Crippen MR) is 81.6 cm³/mol. The molecule has 1 atom stereocenters. The molecule has 0 bridgehead atoms. The van der Waals surface area contributed by atoms with E-state index in [4.69, 9.17) is 4.74 Å². The predicted octanol–water partition coefficient (Wildman–Crippen LogP) is 3.67. The highest BCUT2D eigenvalue weighted by Crippen LogP contribution is 2.29. The van der Waals surface area contributed by atoms with E-state index >= 15 is 0 Å². The molecule has 1 N–H and O–H groups in total. The molecule has 0 saturated carbocycles. The maximum absolute atomic E-state index is 11.7. The molecule has 2 rings (SSSR count). The van der Waals surface area contributed by atoms with Crippen molar-refractivity contribution in [2.24, 2.45) is 5.92 Å². The summed E-state index contributed by atoms with van der Waals surface area (Å²) in [6.45, 7) is 3.94. The second-order valence-corrected chi connectivity index (χ2v) is 6.47. The molecular weight excluding hydrogens is 328 g/mol. The van der Waals surface area contributed by atoms with Gasteiger partial charge in [-0.15, -0.1) is 0 Å². The third-order valence-corrected chi connectivity index (χ3v) is 4.21. The van der Waals surface area contributed by atoms with Gasteiger partial charge in [-0.25, -0.2) is 9.78 Å². The third kappa shape index (κ3) is 3.25. The van der Waals surface area contributed by atoms with Gasteiger partial charge in [-0.1, -0.05) is 41.1 Å². The fraction of sp³-hybridized carbons (Fsp3) is 0.385. The average Bonchev–Trinajstić information content (AvgIpc) is 2.76. The molecule has 0 amide bonds. The van der Waals surface area contributed by atoms with Gasteiger partial charge < -0.3 is 10.1 Å². The van der Waals surface area contributed by atoms with Crippen molar-refractivity contribution in [1.29, 1.82) is 0 Å². The van der Waals surface area contributed by atoms with E-state index in [2.05, 4.69) is 26.2 Å². The maximum Gasteiger partial charge on any atom is 0.328 e. The van der Waals surface area contributed by atoms with E-state index in [9.17, 15) is 4.79 Å². The zero-order valence-electron chi connectivity index (χ0n) is 10.9. The van der Waals surface area contributed by atoms with Gasteiger partial charge in [0.25, 0.3) is 0 Å². The van der Waals surface area contributed by atoms with Crippen molar-refractivity contribution in [2.75, 3.05) is 12.4 Å². The Morgan fingerprint density at radius 3 is 2.84 bits per heavy atom. The van der Waals surface area contributed by atoms with Crippen LogP contribution < -0.4 is 5.32 Å². The van der Waals surface area contributed by atoms with E-state index in [1.165, 1.54) is 18.4 Å². The summed E-state index contributed by atoms with van der Waals surface area (Å²) in [7, 11) is 1.40. The molecule has 102 valence electrons. The number of carbonyl (C=O) groups is 1. The van der Waals surface area contributed by atoms with Crippen LogP contribution >= 0.6 is 27.3 Å². The second kappa shape index (κ2) is 5.88. The minimum absolute atomic E-state index is 0.131. The van der Waals surface area contributed by atoms with Crippen molar-refractivity contribution >= 4 is 48.6 Å². The van der Waals surface area contributed by atoms with Crippen LogP contribution in [0.25, 0.3) is 10.2 Å². The van der Waals surface area contributed by atoms with Crippen LogP contribution in [-0.2, 0) is 9.53 Å². The number of aromatic nitrogens is 1. The smallest absolute Gasteiger partial charge is 0.328 e. The molecule has 1 aromatic heterocycles. The first-order valence-electron chi connectivity index (χ1n) is 5.91. The Balaban J connectivity index is 2.26. The van der Waals surface area contributed by atoms with Gasteiger partial charge in [0.2, 0.25) is 0 Å². The van der Waals surface area contributed by atoms with E-state index in [0.717, 1.165) is 19.8 Å². The number of nitrogens with one attached hydrogen (secondary N) is 1. The molecule has 0 aliphatic rings. The van der Waals surface area contributed by atoms with E-state index in [-0.39, 0.29) is 17.9 Å². The lowest BCUT2D eigenvalue weighted by molar-refractivity contribution is -0.142. The molecule has 0 spiro atoms. The summed E-state index contributed by atoms with van der Waals surface area (Å²) < 4.78 is 6.88. The Hall–Kier alpha value is -1.14. The fourth-order valence-electron chi connectivity index (χ4n) is 1.72. The summed E-state index contributed by atoms with van der Waals surface area (Å²) in [6.07, 6.45) is 0. The molecule has 0 aliphatic carbocycles. The monoisotopic (exact) mass is 342 g/mol. The molecule has 0 radical (unpaired) electrons. The first kappa shape index (κ1) is 14.3. The molecule has 6 heteroatoms. The van der Waals surface area contributed by atoms with Gasteiger partial charge in [-0.3, -0.25) is 0 Å². The molecule has 2 aromatic rings. The molecule has 0 aliphatic heterocycles. The topological polar surface area (TPSA) is 51.2 Å².